The largest absolute Gasteiger partial charge is 0.483 e. The number of hydrazine groups is 1. The van der Waals surface area contributed by atoms with Crippen LogP contribution in [0.15, 0.2) is 42.5 Å². The van der Waals surface area contributed by atoms with E-state index in [0.29, 0.717) is 11.3 Å². The minimum atomic E-state index is -0.423. The number of rotatable bonds is 5. The molecule has 2 aromatic carbocycles. The third-order valence-corrected chi connectivity index (χ3v) is 3.63. The zero-order valence-corrected chi connectivity index (χ0v) is 14.2. The molecule has 0 aromatic heterocycles. The summed E-state index contributed by atoms with van der Waals surface area (Å²) in [6.07, 6.45) is 0.911. The van der Waals surface area contributed by atoms with Crippen LogP contribution >= 0.6 is 0 Å². The smallest absolute Gasteiger partial charge is 0.276 e. The maximum atomic E-state index is 11.9. The summed E-state index contributed by atoms with van der Waals surface area (Å²) in [5.74, 6) is -0.136. The van der Waals surface area contributed by atoms with E-state index < -0.39 is 5.91 Å². The number of hydrogen-bond acceptors (Lipinski definition) is 3. The first-order chi connectivity index (χ1) is 11.5. The highest BCUT2D eigenvalue weighted by Gasteiger charge is 2.08. The van der Waals surface area contributed by atoms with E-state index in [4.69, 9.17) is 4.74 Å². The summed E-state index contributed by atoms with van der Waals surface area (Å²) in [6.45, 7) is 5.79. The topological polar surface area (TPSA) is 67.4 Å². The molecule has 2 N–H and O–H groups in total. The second-order valence-electron chi connectivity index (χ2n) is 5.61. The highest BCUT2D eigenvalue weighted by molar-refractivity contribution is 5.95. The first-order valence-corrected chi connectivity index (χ1v) is 7.87. The third kappa shape index (κ3) is 4.84. The molecule has 0 fully saturated rings. The van der Waals surface area contributed by atoms with E-state index in [0.717, 1.165) is 23.1 Å². The number of aryl methyl sites for hydroxylation is 3. The Bertz CT molecular complexity index is 724. The van der Waals surface area contributed by atoms with Gasteiger partial charge >= 0.3 is 0 Å². The molecule has 0 radical (unpaired) electrons. The van der Waals surface area contributed by atoms with Crippen molar-refractivity contribution < 1.29 is 14.3 Å². The molecule has 2 aromatic rings. The number of nitrogens with one attached hydrogen (secondary N) is 2. The fraction of sp³-hybridized carbons (Fsp3) is 0.263. The van der Waals surface area contributed by atoms with Gasteiger partial charge in [-0.1, -0.05) is 36.8 Å². The van der Waals surface area contributed by atoms with Crippen LogP contribution in [0.1, 0.15) is 34.0 Å². The van der Waals surface area contributed by atoms with Crippen LogP contribution in [0.25, 0.3) is 0 Å². The molecule has 5 heteroatoms. The fourth-order valence-electron chi connectivity index (χ4n) is 2.23. The molecule has 0 saturated heterocycles. The Balaban J connectivity index is 1.80. The highest BCUT2D eigenvalue weighted by atomic mass is 16.5. The summed E-state index contributed by atoms with van der Waals surface area (Å²) in [4.78, 5) is 23.7. The Morgan fingerprint density at radius 2 is 1.71 bits per heavy atom. The van der Waals surface area contributed by atoms with Gasteiger partial charge in [-0.3, -0.25) is 20.4 Å². The minimum Gasteiger partial charge on any atom is -0.483 e. The van der Waals surface area contributed by atoms with Crippen molar-refractivity contribution in [3.8, 4) is 5.75 Å². The van der Waals surface area contributed by atoms with Crippen LogP contribution in [0.5, 0.6) is 5.75 Å². The maximum Gasteiger partial charge on any atom is 0.276 e. The summed E-state index contributed by atoms with van der Waals surface area (Å²) in [7, 11) is 0. The molecule has 0 aliphatic heterocycles. The molecular formula is C19H22N2O3. The van der Waals surface area contributed by atoms with E-state index in [1.54, 1.807) is 12.1 Å². The van der Waals surface area contributed by atoms with Gasteiger partial charge in [0.2, 0.25) is 0 Å². The van der Waals surface area contributed by atoms with Crippen LogP contribution in [0.3, 0.4) is 0 Å². The van der Waals surface area contributed by atoms with Gasteiger partial charge in [-0.05, 0) is 49.6 Å². The van der Waals surface area contributed by atoms with Gasteiger partial charge in [-0.15, -0.1) is 0 Å². The van der Waals surface area contributed by atoms with E-state index in [1.165, 1.54) is 0 Å². The van der Waals surface area contributed by atoms with Crippen molar-refractivity contribution in [1.82, 2.24) is 10.9 Å². The van der Waals surface area contributed by atoms with E-state index in [9.17, 15) is 9.59 Å². The lowest BCUT2D eigenvalue weighted by atomic mass is 10.1. The Kier molecular flexibility index (Phi) is 5.95. The molecule has 0 heterocycles. The van der Waals surface area contributed by atoms with Gasteiger partial charge in [-0.2, -0.15) is 0 Å². The van der Waals surface area contributed by atoms with Gasteiger partial charge in [-0.25, -0.2) is 0 Å². The molecule has 0 unspecified atom stereocenters. The highest BCUT2D eigenvalue weighted by Crippen LogP contribution is 2.18. The van der Waals surface area contributed by atoms with E-state index in [-0.39, 0.29) is 12.5 Å². The van der Waals surface area contributed by atoms with Crippen LogP contribution < -0.4 is 15.6 Å². The lowest BCUT2D eigenvalue weighted by molar-refractivity contribution is -0.123. The molecule has 0 saturated carbocycles. The van der Waals surface area contributed by atoms with Crippen molar-refractivity contribution >= 4 is 11.8 Å². The average molecular weight is 326 g/mol. The Morgan fingerprint density at radius 3 is 2.33 bits per heavy atom. The summed E-state index contributed by atoms with van der Waals surface area (Å²) >= 11 is 0. The summed E-state index contributed by atoms with van der Waals surface area (Å²) < 4.78 is 5.46. The van der Waals surface area contributed by atoms with Gasteiger partial charge in [0.25, 0.3) is 11.8 Å². The number of carbonyl (C=O) groups excluding carboxylic acids is 2. The standard InChI is InChI=1S/C19H22N2O3/c1-4-15-6-8-16(9-7-15)19(23)21-20-18(22)12-24-17-10-5-13(2)11-14(17)3/h5-11H,4,12H2,1-3H3,(H,20,22)(H,21,23). The number of benzene rings is 2. The molecule has 0 spiro atoms. The number of carbonyl (C=O) groups is 2. The summed E-state index contributed by atoms with van der Waals surface area (Å²) in [5, 5.41) is 0. The van der Waals surface area contributed by atoms with Crippen molar-refractivity contribution in [1.29, 1.82) is 0 Å². The quantitative estimate of drug-likeness (QED) is 0.830. The van der Waals surface area contributed by atoms with Crippen LogP contribution in [0, 0.1) is 13.8 Å². The number of ether oxygens (including phenoxy) is 1. The van der Waals surface area contributed by atoms with Gasteiger partial charge in [0.1, 0.15) is 5.75 Å². The zero-order valence-electron chi connectivity index (χ0n) is 14.2. The normalized spacial score (nSPS) is 10.1. The predicted molar refractivity (Wildman–Crippen MR) is 92.8 cm³/mol. The minimum absolute atomic E-state index is 0.168. The summed E-state index contributed by atoms with van der Waals surface area (Å²) in [6, 6.07) is 13.0. The monoisotopic (exact) mass is 326 g/mol. The zero-order chi connectivity index (χ0) is 17.5. The molecule has 0 aliphatic carbocycles. The number of amides is 2. The molecule has 0 bridgehead atoms. The average Bonchev–Trinajstić information content (AvgIpc) is 2.59. The molecule has 5 nitrogen and oxygen atoms in total. The predicted octanol–water partition coefficient (Wildman–Crippen LogP) is 2.71. The van der Waals surface area contributed by atoms with E-state index in [2.05, 4.69) is 10.9 Å². The van der Waals surface area contributed by atoms with Crippen LogP contribution in [-0.2, 0) is 11.2 Å². The third-order valence-electron chi connectivity index (χ3n) is 3.63. The number of hydrogen-bond donors (Lipinski definition) is 2. The molecule has 24 heavy (non-hydrogen) atoms. The molecule has 2 rings (SSSR count). The van der Waals surface area contributed by atoms with Gasteiger partial charge < -0.3 is 4.74 Å². The van der Waals surface area contributed by atoms with E-state index in [1.807, 2.05) is 51.1 Å². The first kappa shape index (κ1) is 17.5. The lowest BCUT2D eigenvalue weighted by Gasteiger charge is -2.11. The first-order valence-electron chi connectivity index (χ1n) is 7.87. The Morgan fingerprint density at radius 1 is 1.00 bits per heavy atom. The second kappa shape index (κ2) is 8.15. The second-order valence-corrected chi connectivity index (χ2v) is 5.61. The SMILES string of the molecule is CCc1ccc(C(=O)NNC(=O)COc2ccc(C)cc2C)cc1. The molecule has 0 aliphatic rings. The Hall–Kier alpha value is -2.82. The fourth-order valence-corrected chi connectivity index (χ4v) is 2.23. The van der Waals surface area contributed by atoms with Gasteiger partial charge in [0.15, 0.2) is 6.61 Å². The van der Waals surface area contributed by atoms with Crippen LogP contribution in [-0.4, -0.2) is 18.4 Å². The Labute approximate surface area is 142 Å². The van der Waals surface area contributed by atoms with Crippen molar-refractivity contribution in [3.05, 3.63) is 64.7 Å². The molecular weight excluding hydrogens is 304 g/mol. The molecule has 0 atom stereocenters. The van der Waals surface area contributed by atoms with Crippen LogP contribution in [0.4, 0.5) is 0 Å². The summed E-state index contributed by atoms with van der Waals surface area (Å²) in [5.41, 5.74) is 8.46. The lowest BCUT2D eigenvalue weighted by Crippen LogP contribution is -2.43. The molecule has 126 valence electrons. The maximum absolute atomic E-state index is 11.9. The van der Waals surface area contributed by atoms with Gasteiger partial charge in [0, 0.05) is 5.56 Å². The van der Waals surface area contributed by atoms with Crippen molar-refractivity contribution in [2.24, 2.45) is 0 Å². The van der Waals surface area contributed by atoms with Crippen molar-refractivity contribution in [3.63, 3.8) is 0 Å². The van der Waals surface area contributed by atoms with Crippen LogP contribution in [0.2, 0.25) is 0 Å². The van der Waals surface area contributed by atoms with E-state index >= 15 is 0 Å². The van der Waals surface area contributed by atoms with Crippen molar-refractivity contribution in [2.45, 2.75) is 27.2 Å². The van der Waals surface area contributed by atoms with Gasteiger partial charge in [0.05, 0.1) is 0 Å². The molecule has 2 amide bonds. The van der Waals surface area contributed by atoms with Crippen molar-refractivity contribution in [2.75, 3.05) is 6.61 Å².